The second-order valence-electron chi connectivity index (χ2n) is 8.48. The van der Waals surface area contributed by atoms with E-state index in [0.29, 0.717) is 45.4 Å². The molecule has 8 nitrogen and oxygen atoms in total. The predicted molar refractivity (Wildman–Crippen MR) is 116 cm³/mol. The van der Waals surface area contributed by atoms with Gasteiger partial charge in [0.2, 0.25) is 11.8 Å². The molecule has 3 aliphatic rings. The fraction of sp³-hybridized carbons (Fsp3) is 0.609. The number of aromatic nitrogens is 2. The van der Waals surface area contributed by atoms with Gasteiger partial charge in [0.15, 0.2) is 0 Å². The van der Waals surface area contributed by atoms with Crippen molar-refractivity contribution in [3.63, 3.8) is 0 Å². The van der Waals surface area contributed by atoms with Crippen molar-refractivity contribution in [3.05, 3.63) is 24.4 Å². The number of hydrogen-bond acceptors (Lipinski definition) is 7. The minimum absolute atomic E-state index is 0.0737. The fourth-order valence-corrected chi connectivity index (χ4v) is 4.70. The first-order valence-corrected chi connectivity index (χ1v) is 11.4. The van der Waals surface area contributed by atoms with Crippen LogP contribution < -0.4 is 9.64 Å². The molecule has 3 fully saturated rings. The molecule has 4 heterocycles. The normalized spacial score (nSPS) is 24.9. The Bertz CT molecular complexity index is 904. The minimum atomic E-state index is 0.0737. The Kier molecular flexibility index (Phi) is 6.18. The monoisotopic (exact) mass is 426 g/mol. The number of fused-ring (bicyclic) bond motifs is 1. The van der Waals surface area contributed by atoms with E-state index in [1.807, 2.05) is 23.1 Å². The summed E-state index contributed by atoms with van der Waals surface area (Å²) < 4.78 is 17.3. The van der Waals surface area contributed by atoms with Gasteiger partial charge in [-0.05, 0) is 37.8 Å². The molecule has 0 atom stereocenters. The van der Waals surface area contributed by atoms with Crippen molar-refractivity contribution in [1.29, 1.82) is 0 Å². The highest BCUT2D eigenvalue weighted by Gasteiger charge is 2.31. The number of anilines is 1. The molecule has 0 unspecified atom stereocenters. The lowest BCUT2D eigenvalue weighted by atomic mass is 9.86. The summed E-state index contributed by atoms with van der Waals surface area (Å²) in [6.07, 6.45) is 5.33. The van der Waals surface area contributed by atoms with Crippen LogP contribution in [-0.2, 0) is 14.3 Å². The lowest BCUT2D eigenvalue weighted by molar-refractivity contribution is -0.141. The van der Waals surface area contributed by atoms with E-state index >= 15 is 0 Å². The van der Waals surface area contributed by atoms with Crippen LogP contribution in [0.25, 0.3) is 10.9 Å². The lowest BCUT2D eigenvalue weighted by Gasteiger charge is -2.34. The summed E-state index contributed by atoms with van der Waals surface area (Å²) >= 11 is 0. The molecule has 0 aromatic carbocycles. The van der Waals surface area contributed by atoms with E-state index in [1.165, 1.54) is 0 Å². The molecule has 31 heavy (non-hydrogen) atoms. The van der Waals surface area contributed by atoms with Gasteiger partial charge >= 0.3 is 0 Å². The Balaban J connectivity index is 1.27. The highest BCUT2D eigenvalue weighted by atomic mass is 16.5. The van der Waals surface area contributed by atoms with Gasteiger partial charge in [-0.25, -0.2) is 0 Å². The first-order valence-electron chi connectivity index (χ1n) is 11.4. The van der Waals surface area contributed by atoms with Crippen LogP contribution in [0.2, 0.25) is 0 Å². The maximum atomic E-state index is 12.8. The van der Waals surface area contributed by atoms with Crippen molar-refractivity contribution >= 4 is 22.6 Å². The summed E-state index contributed by atoms with van der Waals surface area (Å²) in [7, 11) is 0. The molecule has 0 radical (unpaired) electrons. The third-order valence-corrected chi connectivity index (χ3v) is 6.51. The zero-order valence-electron chi connectivity index (χ0n) is 17.9. The van der Waals surface area contributed by atoms with Crippen LogP contribution in [0.4, 0.5) is 5.82 Å². The number of ether oxygens (including phenoxy) is 3. The lowest BCUT2D eigenvalue weighted by Crippen LogP contribution is -2.45. The van der Waals surface area contributed by atoms with Gasteiger partial charge in [0.1, 0.15) is 11.9 Å². The van der Waals surface area contributed by atoms with E-state index in [9.17, 15) is 4.79 Å². The second kappa shape index (κ2) is 9.36. The molecule has 1 saturated carbocycles. The summed E-state index contributed by atoms with van der Waals surface area (Å²) in [6, 6.07) is 5.97. The van der Waals surface area contributed by atoms with E-state index in [4.69, 9.17) is 19.2 Å². The number of carbonyl (C=O) groups excluding carboxylic acids is 1. The Morgan fingerprint density at radius 1 is 1.00 bits per heavy atom. The molecular weight excluding hydrogens is 396 g/mol. The quantitative estimate of drug-likeness (QED) is 0.742. The number of carbonyl (C=O) groups is 1. The molecule has 0 N–H and O–H groups in total. The standard InChI is InChI=1S/C23H30N4O4/c28-23(27-10-14-30-15-11-27)17-3-5-18(6-4-17)31-22-19-2-1-7-24-20(19)16-21(25-22)26-8-12-29-13-9-26/h1-2,7,16-18H,3-6,8-15H2. The van der Waals surface area contributed by atoms with E-state index in [2.05, 4.69) is 9.88 Å². The van der Waals surface area contributed by atoms with Gasteiger partial charge in [-0.1, -0.05) is 0 Å². The molecular formula is C23H30N4O4. The molecule has 1 amide bonds. The van der Waals surface area contributed by atoms with Crippen molar-refractivity contribution in [2.45, 2.75) is 31.8 Å². The highest BCUT2D eigenvalue weighted by Crippen LogP contribution is 2.33. The average Bonchev–Trinajstić information content (AvgIpc) is 2.85. The van der Waals surface area contributed by atoms with Crippen molar-refractivity contribution in [1.82, 2.24) is 14.9 Å². The SMILES string of the molecule is O=C(C1CCC(Oc2nc(N3CCOCC3)cc3ncccc23)CC1)N1CCOCC1. The van der Waals surface area contributed by atoms with Gasteiger partial charge in [0.25, 0.3) is 0 Å². The maximum Gasteiger partial charge on any atom is 0.225 e. The summed E-state index contributed by atoms with van der Waals surface area (Å²) in [6.45, 7) is 5.78. The minimum Gasteiger partial charge on any atom is -0.474 e. The Labute approximate surface area is 182 Å². The van der Waals surface area contributed by atoms with Crippen LogP contribution in [0.5, 0.6) is 5.88 Å². The van der Waals surface area contributed by atoms with Gasteiger partial charge in [-0.15, -0.1) is 0 Å². The average molecular weight is 427 g/mol. The van der Waals surface area contributed by atoms with Crippen LogP contribution in [0.1, 0.15) is 25.7 Å². The van der Waals surface area contributed by atoms with E-state index in [-0.39, 0.29) is 17.9 Å². The van der Waals surface area contributed by atoms with E-state index in [1.54, 1.807) is 6.20 Å². The third-order valence-electron chi connectivity index (χ3n) is 6.51. The van der Waals surface area contributed by atoms with Gasteiger partial charge in [-0.3, -0.25) is 9.78 Å². The van der Waals surface area contributed by atoms with Gasteiger partial charge in [0.05, 0.1) is 37.3 Å². The molecule has 2 aromatic rings. The fourth-order valence-electron chi connectivity index (χ4n) is 4.70. The van der Waals surface area contributed by atoms with Crippen LogP contribution >= 0.6 is 0 Å². The smallest absolute Gasteiger partial charge is 0.225 e. The Morgan fingerprint density at radius 2 is 1.71 bits per heavy atom. The number of hydrogen-bond donors (Lipinski definition) is 0. The zero-order valence-corrected chi connectivity index (χ0v) is 17.9. The van der Waals surface area contributed by atoms with Crippen LogP contribution in [0.3, 0.4) is 0 Å². The van der Waals surface area contributed by atoms with Crippen molar-refractivity contribution < 1.29 is 19.0 Å². The largest absolute Gasteiger partial charge is 0.474 e. The molecule has 5 rings (SSSR count). The molecule has 0 bridgehead atoms. The van der Waals surface area contributed by atoms with Crippen LogP contribution in [-0.4, -0.2) is 79.5 Å². The number of pyridine rings is 2. The van der Waals surface area contributed by atoms with Crippen LogP contribution in [0, 0.1) is 5.92 Å². The third kappa shape index (κ3) is 4.60. The topological polar surface area (TPSA) is 77.0 Å². The molecule has 1 aliphatic carbocycles. The van der Waals surface area contributed by atoms with Gasteiger partial charge in [0, 0.05) is 44.4 Å². The Hall–Kier alpha value is -2.45. The van der Waals surface area contributed by atoms with Crippen LogP contribution in [0.15, 0.2) is 24.4 Å². The predicted octanol–water partition coefficient (Wildman–Crippen LogP) is 2.26. The summed E-state index contributed by atoms with van der Waals surface area (Å²) in [5, 5.41) is 0.936. The number of amides is 1. The molecule has 2 aliphatic heterocycles. The summed E-state index contributed by atoms with van der Waals surface area (Å²) in [5.41, 5.74) is 0.894. The van der Waals surface area contributed by atoms with Crippen molar-refractivity contribution in [2.24, 2.45) is 5.92 Å². The second-order valence-corrected chi connectivity index (χ2v) is 8.48. The van der Waals surface area contributed by atoms with Crippen molar-refractivity contribution in [2.75, 3.05) is 57.5 Å². The molecule has 2 saturated heterocycles. The molecule has 166 valence electrons. The van der Waals surface area contributed by atoms with Gasteiger partial charge in [-0.2, -0.15) is 4.98 Å². The number of rotatable bonds is 4. The number of morpholine rings is 2. The van der Waals surface area contributed by atoms with Gasteiger partial charge < -0.3 is 24.0 Å². The highest BCUT2D eigenvalue weighted by molar-refractivity contribution is 5.85. The zero-order chi connectivity index (χ0) is 21.0. The summed E-state index contributed by atoms with van der Waals surface area (Å²) in [4.78, 5) is 26.4. The molecule has 0 spiro atoms. The van der Waals surface area contributed by atoms with Crippen molar-refractivity contribution in [3.8, 4) is 5.88 Å². The number of nitrogens with zero attached hydrogens (tertiary/aromatic N) is 4. The first kappa shape index (κ1) is 20.5. The Morgan fingerprint density at radius 3 is 2.45 bits per heavy atom. The molecule has 2 aromatic heterocycles. The summed E-state index contributed by atoms with van der Waals surface area (Å²) in [5.74, 6) is 1.92. The maximum absolute atomic E-state index is 12.8. The van der Waals surface area contributed by atoms with E-state index < -0.39 is 0 Å². The first-order chi connectivity index (χ1) is 15.3. The van der Waals surface area contributed by atoms with E-state index in [0.717, 1.165) is 55.5 Å². The molecule has 8 heteroatoms.